The first-order valence-electron chi connectivity index (χ1n) is 14.5. The van der Waals surface area contributed by atoms with Gasteiger partial charge in [0.2, 0.25) is 0 Å². The smallest absolute Gasteiger partial charge is 0.0230 e. The molecule has 0 N–H and O–H groups in total. The molecule has 2 aromatic carbocycles. The molecule has 0 saturated heterocycles. The molecule has 0 aromatic heterocycles. The number of rotatable bonds is 4. The van der Waals surface area contributed by atoms with Crippen LogP contribution in [0.4, 0.5) is 0 Å². The van der Waals surface area contributed by atoms with Gasteiger partial charge in [-0.25, -0.2) is 0 Å². The zero-order valence-corrected chi connectivity index (χ0v) is 27.4. The third-order valence-corrected chi connectivity index (χ3v) is 4.95. The van der Waals surface area contributed by atoms with E-state index in [9.17, 15) is 0 Å². The number of hydrogen-bond acceptors (Lipinski definition) is 0. The molecule has 216 valence electrons. The van der Waals surface area contributed by atoms with Crippen molar-refractivity contribution in [3.8, 4) is 0 Å². The predicted octanol–water partition coefficient (Wildman–Crippen LogP) is 12.4. The number of hydrogen-bond donors (Lipinski definition) is 0. The fraction of sp³-hybridized carbons (Fsp3) is 0.676. The molecule has 2 aromatic rings. The lowest BCUT2D eigenvalue weighted by Crippen LogP contribution is -2.11. The molecule has 0 heterocycles. The zero-order chi connectivity index (χ0) is 28.8. The monoisotopic (exact) mass is 513 g/mol. The molecule has 0 aliphatic rings. The maximum Gasteiger partial charge on any atom is -0.0230 e. The van der Waals surface area contributed by atoms with E-state index in [1.165, 1.54) is 22.3 Å². The molecular formula is C37H68. The van der Waals surface area contributed by atoms with Crippen LogP contribution in [0.15, 0.2) is 48.5 Å². The van der Waals surface area contributed by atoms with Gasteiger partial charge >= 0.3 is 0 Å². The van der Waals surface area contributed by atoms with Crippen molar-refractivity contribution in [2.45, 2.75) is 144 Å². The van der Waals surface area contributed by atoms with Gasteiger partial charge in [0, 0.05) is 0 Å². The Labute approximate surface area is 236 Å². The summed E-state index contributed by atoms with van der Waals surface area (Å²) in [7, 11) is 0. The topological polar surface area (TPSA) is 0 Å². The van der Waals surface area contributed by atoms with Crippen LogP contribution < -0.4 is 0 Å². The van der Waals surface area contributed by atoms with Crippen LogP contribution in [0.5, 0.6) is 0 Å². The summed E-state index contributed by atoms with van der Waals surface area (Å²) in [6.07, 6.45) is 4.63. The second-order valence-electron chi connectivity index (χ2n) is 14.6. The Hall–Kier alpha value is -1.56. The summed E-state index contributed by atoms with van der Waals surface area (Å²) in [6, 6.07) is 18.2. The third-order valence-electron chi connectivity index (χ3n) is 4.95. The molecule has 0 unspecified atom stereocenters. The van der Waals surface area contributed by atoms with Gasteiger partial charge in [-0.2, -0.15) is 0 Å². The van der Waals surface area contributed by atoms with E-state index in [4.69, 9.17) is 0 Å². The lowest BCUT2D eigenvalue weighted by atomic mass is 9.85. The largest absolute Gasteiger partial charge is 0.0776 e. The second-order valence-corrected chi connectivity index (χ2v) is 14.6. The fourth-order valence-corrected chi connectivity index (χ4v) is 4.07. The van der Waals surface area contributed by atoms with E-state index in [1.807, 2.05) is 27.7 Å². The van der Waals surface area contributed by atoms with Crippen molar-refractivity contribution in [2.24, 2.45) is 21.7 Å². The van der Waals surface area contributed by atoms with Crippen molar-refractivity contribution < 1.29 is 0 Å². The summed E-state index contributed by atoms with van der Waals surface area (Å²) in [4.78, 5) is 0. The van der Waals surface area contributed by atoms with E-state index < -0.39 is 0 Å². The summed E-state index contributed by atoms with van der Waals surface area (Å²) < 4.78 is 0. The van der Waals surface area contributed by atoms with E-state index in [0.29, 0.717) is 21.7 Å². The molecule has 0 spiro atoms. The van der Waals surface area contributed by atoms with Gasteiger partial charge in [-0.15, -0.1) is 0 Å². The zero-order valence-electron chi connectivity index (χ0n) is 27.4. The summed E-state index contributed by atoms with van der Waals surface area (Å²) in [5.74, 6) is 0. The Bertz CT molecular complexity index is 727. The minimum absolute atomic E-state index is 0. The van der Waals surface area contributed by atoms with Crippen LogP contribution in [0.3, 0.4) is 0 Å². The highest BCUT2D eigenvalue weighted by molar-refractivity contribution is 5.25. The molecule has 0 radical (unpaired) electrons. The Morgan fingerprint density at radius 1 is 0.378 bits per heavy atom. The Balaban J connectivity index is -0.000000538. The van der Waals surface area contributed by atoms with E-state index in [-0.39, 0.29) is 7.43 Å². The van der Waals surface area contributed by atoms with E-state index >= 15 is 0 Å². The maximum absolute atomic E-state index is 2.37. The average Bonchev–Trinajstić information content (AvgIpc) is 2.69. The van der Waals surface area contributed by atoms with Gasteiger partial charge < -0.3 is 0 Å². The molecule has 0 fully saturated rings. The Morgan fingerprint density at radius 2 is 0.595 bits per heavy atom. The second kappa shape index (κ2) is 17.9. The number of benzene rings is 2. The molecule has 0 heteroatoms. The van der Waals surface area contributed by atoms with Crippen LogP contribution >= 0.6 is 0 Å². The van der Waals surface area contributed by atoms with Crippen molar-refractivity contribution in [3.63, 3.8) is 0 Å². The molecule has 0 amide bonds. The molecular weight excluding hydrogens is 444 g/mol. The Morgan fingerprint density at radius 3 is 0.811 bits per heavy atom. The first kappa shape index (κ1) is 39.9. The van der Waals surface area contributed by atoms with Crippen molar-refractivity contribution >= 4 is 0 Å². The molecule has 37 heavy (non-hydrogen) atoms. The quantitative estimate of drug-likeness (QED) is 0.382. The highest BCUT2D eigenvalue weighted by atomic mass is 14.2. The summed E-state index contributed by atoms with van der Waals surface area (Å²) in [6.45, 7) is 35.5. The average molecular weight is 513 g/mol. The van der Waals surface area contributed by atoms with Crippen LogP contribution in [-0.4, -0.2) is 0 Å². The Kier molecular flexibility index (Phi) is 19.3. The van der Waals surface area contributed by atoms with Crippen molar-refractivity contribution in [1.82, 2.24) is 0 Å². The summed E-state index contributed by atoms with van der Waals surface area (Å²) >= 11 is 0. The molecule has 0 atom stereocenters. The van der Waals surface area contributed by atoms with Gasteiger partial charge in [0.15, 0.2) is 0 Å². The SMILES string of the molecule is C.CC.CC.CC(C)(C)Cc1ccc(CC(C)(C)C)cc1.CC(C)(C)Cc1cccc(CC(C)(C)C)c1. The standard InChI is InChI=1S/2C16H26.2C2H6.CH4/c1-15(2,3)11-13-7-9-14(10-8-13)12-16(4,5)6;1-15(2,3)11-13-8-7-9-14(10-13)12-16(4,5)6;2*1-2;/h2*7-10H,11-12H2,1-6H3;2*1-2H3;1H4. The van der Waals surface area contributed by atoms with Gasteiger partial charge in [-0.3, -0.25) is 0 Å². The van der Waals surface area contributed by atoms with Crippen LogP contribution in [0.2, 0.25) is 0 Å². The van der Waals surface area contributed by atoms with Crippen molar-refractivity contribution in [3.05, 3.63) is 70.8 Å². The fourth-order valence-electron chi connectivity index (χ4n) is 4.07. The van der Waals surface area contributed by atoms with E-state index in [0.717, 1.165) is 25.7 Å². The van der Waals surface area contributed by atoms with E-state index in [2.05, 4.69) is 132 Å². The van der Waals surface area contributed by atoms with Crippen LogP contribution in [0.25, 0.3) is 0 Å². The van der Waals surface area contributed by atoms with Gasteiger partial charge in [0.25, 0.3) is 0 Å². The lowest BCUT2D eigenvalue weighted by Gasteiger charge is -2.21. The normalized spacial score (nSPS) is 11.5. The van der Waals surface area contributed by atoms with Gasteiger partial charge in [-0.05, 0) is 69.6 Å². The molecule has 0 nitrogen and oxygen atoms in total. The van der Waals surface area contributed by atoms with Crippen LogP contribution in [0, 0.1) is 21.7 Å². The molecule has 0 aliphatic carbocycles. The van der Waals surface area contributed by atoms with Crippen molar-refractivity contribution in [2.75, 3.05) is 0 Å². The van der Waals surface area contributed by atoms with Gasteiger partial charge in [0.1, 0.15) is 0 Å². The highest BCUT2D eigenvalue weighted by Gasteiger charge is 2.15. The molecule has 0 aliphatic heterocycles. The summed E-state index contributed by atoms with van der Waals surface area (Å²) in [5, 5.41) is 0. The first-order chi connectivity index (χ1) is 16.3. The third kappa shape index (κ3) is 24.5. The van der Waals surface area contributed by atoms with Crippen LogP contribution in [0.1, 0.15) is 140 Å². The van der Waals surface area contributed by atoms with Crippen molar-refractivity contribution in [1.29, 1.82) is 0 Å². The molecule has 2 rings (SSSR count). The van der Waals surface area contributed by atoms with Crippen LogP contribution in [-0.2, 0) is 25.7 Å². The predicted molar refractivity (Wildman–Crippen MR) is 175 cm³/mol. The minimum atomic E-state index is 0. The molecule has 0 saturated carbocycles. The first-order valence-corrected chi connectivity index (χ1v) is 14.5. The van der Waals surface area contributed by atoms with Gasteiger partial charge in [-0.1, -0.05) is 167 Å². The van der Waals surface area contributed by atoms with Gasteiger partial charge in [0.05, 0.1) is 0 Å². The highest BCUT2D eigenvalue weighted by Crippen LogP contribution is 2.25. The van der Waals surface area contributed by atoms with E-state index in [1.54, 1.807) is 0 Å². The summed E-state index contributed by atoms with van der Waals surface area (Å²) in [5.41, 5.74) is 7.34. The lowest BCUT2D eigenvalue weighted by molar-refractivity contribution is 0.405. The minimum Gasteiger partial charge on any atom is -0.0776 e. The molecule has 0 bridgehead atoms. The maximum atomic E-state index is 2.37.